The van der Waals surface area contributed by atoms with Crippen LogP contribution in [0.5, 0.6) is 5.75 Å². The van der Waals surface area contributed by atoms with Crippen LogP contribution in [-0.2, 0) is 11.3 Å². The van der Waals surface area contributed by atoms with E-state index in [4.69, 9.17) is 4.74 Å². The number of carbonyl (C=O) groups is 1. The van der Waals surface area contributed by atoms with E-state index in [2.05, 4.69) is 41.8 Å². The molecular weight excluding hydrogens is 300 g/mol. The summed E-state index contributed by atoms with van der Waals surface area (Å²) in [6.07, 6.45) is 0.487. The summed E-state index contributed by atoms with van der Waals surface area (Å²) in [5, 5.41) is 6.21. The van der Waals surface area contributed by atoms with Crippen molar-refractivity contribution in [3.63, 3.8) is 0 Å². The molecule has 0 aliphatic carbocycles. The second-order valence-corrected chi connectivity index (χ2v) is 6.12. The number of aryl methyl sites for hydroxylation is 1. The SMILES string of the molecule is Cc1ccc(CNCCC(=O)Nc2ccccc2OC(C)C)cc1. The van der Waals surface area contributed by atoms with Gasteiger partial charge in [-0.25, -0.2) is 0 Å². The summed E-state index contributed by atoms with van der Waals surface area (Å²) < 4.78 is 5.71. The minimum Gasteiger partial charge on any atom is -0.489 e. The number of rotatable bonds is 8. The predicted molar refractivity (Wildman–Crippen MR) is 98.3 cm³/mol. The molecule has 0 aliphatic heterocycles. The maximum Gasteiger partial charge on any atom is 0.225 e. The third-order valence-electron chi connectivity index (χ3n) is 3.50. The van der Waals surface area contributed by atoms with E-state index >= 15 is 0 Å². The molecule has 2 rings (SSSR count). The van der Waals surface area contributed by atoms with Crippen molar-refractivity contribution in [1.29, 1.82) is 0 Å². The molecule has 2 aromatic rings. The van der Waals surface area contributed by atoms with Gasteiger partial charge in [0.1, 0.15) is 5.75 Å². The zero-order valence-electron chi connectivity index (χ0n) is 14.6. The standard InChI is InChI=1S/C20H26N2O2/c1-15(2)24-19-7-5-4-6-18(19)22-20(23)12-13-21-14-17-10-8-16(3)9-11-17/h4-11,15,21H,12-14H2,1-3H3,(H,22,23). The van der Waals surface area contributed by atoms with E-state index < -0.39 is 0 Å². The number of hydrogen-bond acceptors (Lipinski definition) is 3. The first-order chi connectivity index (χ1) is 11.5. The van der Waals surface area contributed by atoms with Crippen LogP contribution >= 0.6 is 0 Å². The monoisotopic (exact) mass is 326 g/mol. The predicted octanol–water partition coefficient (Wildman–Crippen LogP) is 3.90. The Hall–Kier alpha value is -2.33. The van der Waals surface area contributed by atoms with Crippen LogP contribution in [0.2, 0.25) is 0 Å². The van der Waals surface area contributed by atoms with Gasteiger partial charge in [-0.1, -0.05) is 42.0 Å². The van der Waals surface area contributed by atoms with Gasteiger partial charge in [-0.3, -0.25) is 4.79 Å². The van der Waals surface area contributed by atoms with Gasteiger partial charge in [-0.15, -0.1) is 0 Å². The molecule has 0 aromatic heterocycles. The highest BCUT2D eigenvalue weighted by atomic mass is 16.5. The molecule has 4 heteroatoms. The van der Waals surface area contributed by atoms with E-state index in [-0.39, 0.29) is 12.0 Å². The third kappa shape index (κ3) is 6.05. The number of ether oxygens (including phenoxy) is 1. The van der Waals surface area contributed by atoms with E-state index in [1.165, 1.54) is 11.1 Å². The second-order valence-electron chi connectivity index (χ2n) is 6.12. The largest absolute Gasteiger partial charge is 0.489 e. The van der Waals surface area contributed by atoms with Crippen molar-refractivity contribution in [2.24, 2.45) is 0 Å². The Morgan fingerprint density at radius 2 is 1.79 bits per heavy atom. The molecule has 4 nitrogen and oxygen atoms in total. The molecule has 0 aliphatic rings. The first-order valence-corrected chi connectivity index (χ1v) is 8.36. The molecule has 24 heavy (non-hydrogen) atoms. The summed E-state index contributed by atoms with van der Waals surface area (Å²) >= 11 is 0. The topological polar surface area (TPSA) is 50.4 Å². The fourth-order valence-corrected chi connectivity index (χ4v) is 2.28. The van der Waals surface area contributed by atoms with Crippen LogP contribution in [0.4, 0.5) is 5.69 Å². The molecule has 1 amide bonds. The summed E-state index contributed by atoms with van der Waals surface area (Å²) in [7, 11) is 0. The highest BCUT2D eigenvalue weighted by molar-refractivity contribution is 5.92. The highest BCUT2D eigenvalue weighted by Gasteiger charge is 2.08. The van der Waals surface area contributed by atoms with Gasteiger partial charge in [0.05, 0.1) is 11.8 Å². The van der Waals surface area contributed by atoms with Gasteiger partial charge in [0, 0.05) is 19.5 Å². The number of anilines is 1. The number of amides is 1. The number of carbonyl (C=O) groups excluding carboxylic acids is 1. The van der Waals surface area contributed by atoms with E-state index in [0.29, 0.717) is 18.7 Å². The molecule has 128 valence electrons. The van der Waals surface area contributed by atoms with Crippen LogP contribution in [0.25, 0.3) is 0 Å². The maximum absolute atomic E-state index is 12.1. The van der Waals surface area contributed by atoms with Crippen LogP contribution in [0, 0.1) is 6.92 Å². The van der Waals surface area contributed by atoms with Crippen molar-refractivity contribution < 1.29 is 9.53 Å². The van der Waals surface area contributed by atoms with Gasteiger partial charge in [-0.05, 0) is 38.5 Å². The highest BCUT2D eigenvalue weighted by Crippen LogP contribution is 2.24. The second kappa shape index (κ2) is 9.08. The smallest absolute Gasteiger partial charge is 0.225 e. The Labute approximate surface area is 144 Å². The summed E-state index contributed by atoms with van der Waals surface area (Å²) in [4.78, 5) is 12.1. The molecule has 2 N–H and O–H groups in total. The van der Waals surface area contributed by atoms with Gasteiger partial charge in [-0.2, -0.15) is 0 Å². The molecule has 0 spiro atoms. The van der Waals surface area contributed by atoms with E-state index in [1.807, 2.05) is 38.1 Å². The molecule has 0 atom stereocenters. The van der Waals surface area contributed by atoms with Gasteiger partial charge in [0.25, 0.3) is 0 Å². The van der Waals surface area contributed by atoms with Crippen LogP contribution in [-0.4, -0.2) is 18.6 Å². The van der Waals surface area contributed by atoms with E-state index in [1.54, 1.807) is 0 Å². The van der Waals surface area contributed by atoms with Crippen molar-refractivity contribution in [3.05, 3.63) is 59.7 Å². The van der Waals surface area contributed by atoms with Gasteiger partial charge >= 0.3 is 0 Å². The molecule has 0 unspecified atom stereocenters. The van der Waals surface area contributed by atoms with Crippen LogP contribution in [0.1, 0.15) is 31.4 Å². The molecule has 2 aromatic carbocycles. The van der Waals surface area contributed by atoms with Crippen molar-refractivity contribution in [3.8, 4) is 5.75 Å². The average molecular weight is 326 g/mol. The minimum absolute atomic E-state index is 0.0220. The summed E-state index contributed by atoms with van der Waals surface area (Å²) in [5.74, 6) is 0.680. The summed E-state index contributed by atoms with van der Waals surface area (Å²) in [5.41, 5.74) is 3.19. The van der Waals surface area contributed by atoms with E-state index in [0.717, 1.165) is 12.2 Å². The molecule has 0 saturated heterocycles. The lowest BCUT2D eigenvalue weighted by atomic mass is 10.1. The fourth-order valence-electron chi connectivity index (χ4n) is 2.28. The van der Waals surface area contributed by atoms with Gasteiger partial charge in [0.15, 0.2) is 0 Å². The van der Waals surface area contributed by atoms with Crippen molar-refractivity contribution in [1.82, 2.24) is 5.32 Å². The molecule has 0 radical (unpaired) electrons. The lowest BCUT2D eigenvalue weighted by Gasteiger charge is -2.14. The zero-order valence-corrected chi connectivity index (χ0v) is 14.6. The molecule has 0 fully saturated rings. The first-order valence-electron chi connectivity index (χ1n) is 8.36. The summed E-state index contributed by atoms with van der Waals surface area (Å²) in [6, 6.07) is 15.9. The number of benzene rings is 2. The Morgan fingerprint density at radius 1 is 1.08 bits per heavy atom. The maximum atomic E-state index is 12.1. The molecule has 0 saturated carbocycles. The Balaban J connectivity index is 1.76. The molecular formula is C20H26N2O2. The lowest BCUT2D eigenvalue weighted by molar-refractivity contribution is -0.116. The quantitative estimate of drug-likeness (QED) is 0.723. The number of nitrogens with one attached hydrogen (secondary N) is 2. The van der Waals surface area contributed by atoms with Gasteiger partial charge in [0.2, 0.25) is 5.91 Å². The van der Waals surface area contributed by atoms with Crippen LogP contribution < -0.4 is 15.4 Å². The average Bonchev–Trinajstić information content (AvgIpc) is 2.55. The number of para-hydroxylation sites is 2. The van der Waals surface area contributed by atoms with E-state index in [9.17, 15) is 4.79 Å². The summed E-state index contributed by atoms with van der Waals surface area (Å²) in [6.45, 7) is 7.40. The van der Waals surface area contributed by atoms with Crippen LogP contribution in [0.3, 0.4) is 0 Å². The fraction of sp³-hybridized carbons (Fsp3) is 0.350. The third-order valence-corrected chi connectivity index (χ3v) is 3.50. The van der Waals surface area contributed by atoms with Crippen molar-refractivity contribution in [2.45, 2.75) is 39.8 Å². The van der Waals surface area contributed by atoms with Crippen molar-refractivity contribution in [2.75, 3.05) is 11.9 Å². The normalized spacial score (nSPS) is 10.7. The Kier molecular flexibility index (Phi) is 6.82. The zero-order chi connectivity index (χ0) is 17.4. The van der Waals surface area contributed by atoms with Crippen LogP contribution in [0.15, 0.2) is 48.5 Å². The Morgan fingerprint density at radius 3 is 2.50 bits per heavy atom. The minimum atomic E-state index is -0.0220. The first kappa shape index (κ1) is 18.0. The number of hydrogen-bond donors (Lipinski definition) is 2. The molecule has 0 heterocycles. The van der Waals surface area contributed by atoms with Crippen molar-refractivity contribution >= 4 is 11.6 Å². The molecule has 0 bridgehead atoms. The van der Waals surface area contributed by atoms with Gasteiger partial charge < -0.3 is 15.4 Å². The lowest BCUT2D eigenvalue weighted by Crippen LogP contribution is -2.22. The Bertz CT molecular complexity index is 651.